The van der Waals surface area contributed by atoms with Crippen molar-refractivity contribution in [3.63, 3.8) is 0 Å². The van der Waals surface area contributed by atoms with Crippen molar-refractivity contribution in [2.75, 3.05) is 5.32 Å². The molecule has 0 radical (unpaired) electrons. The van der Waals surface area contributed by atoms with Crippen molar-refractivity contribution < 1.29 is 4.79 Å². The number of aryl methyl sites for hydroxylation is 1. The number of pyridine rings is 1. The van der Waals surface area contributed by atoms with Crippen molar-refractivity contribution in [1.82, 2.24) is 14.7 Å². The molecular weight excluding hydrogens is 395 g/mol. The SMILES string of the molecule is Cc1cccn2c(NC(=O)NC3CCCCC3)c(-c3ccc(Cl)c(Cl)c3)nc12. The van der Waals surface area contributed by atoms with E-state index in [1.807, 2.05) is 35.7 Å². The third-order valence-electron chi connectivity index (χ3n) is 5.21. The van der Waals surface area contributed by atoms with Gasteiger partial charge in [0.1, 0.15) is 17.2 Å². The predicted octanol–water partition coefficient (Wildman–Crippen LogP) is 6.07. The van der Waals surface area contributed by atoms with Gasteiger partial charge in [0.25, 0.3) is 0 Å². The fourth-order valence-electron chi connectivity index (χ4n) is 3.74. The minimum atomic E-state index is -0.212. The number of carbonyl (C=O) groups excluding carboxylic acids is 1. The van der Waals surface area contributed by atoms with Gasteiger partial charge in [-0.2, -0.15) is 0 Å². The molecule has 7 heteroatoms. The Kier molecular flexibility index (Phi) is 5.47. The molecule has 1 aromatic carbocycles. The first kappa shape index (κ1) is 19.1. The quantitative estimate of drug-likeness (QED) is 0.543. The van der Waals surface area contributed by atoms with Crippen molar-refractivity contribution in [3.8, 4) is 11.3 Å². The number of hydrogen-bond acceptors (Lipinski definition) is 2. The summed E-state index contributed by atoms with van der Waals surface area (Å²) < 4.78 is 1.90. The highest BCUT2D eigenvalue weighted by Crippen LogP contribution is 2.33. The molecule has 0 atom stereocenters. The Morgan fingerprint density at radius 1 is 1.14 bits per heavy atom. The number of urea groups is 1. The third-order valence-corrected chi connectivity index (χ3v) is 5.95. The lowest BCUT2D eigenvalue weighted by Crippen LogP contribution is -2.39. The van der Waals surface area contributed by atoms with Gasteiger partial charge in [-0.25, -0.2) is 9.78 Å². The molecule has 2 aromatic heterocycles. The first-order chi connectivity index (χ1) is 13.5. The lowest BCUT2D eigenvalue weighted by atomic mass is 9.96. The van der Waals surface area contributed by atoms with Gasteiger partial charge in [0.15, 0.2) is 0 Å². The van der Waals surface area contributed by atoms with Crippen LogP contribution in [0.5, 0.6) is 0 Å². The molecule has 0 saturated heterocycles. The van der Waals surface area contributed by atoms with Crippen LogP contribution in [0.1, 0.15) is 37.7 Å². The molecule has 0 unspecified atom stereocenters. The molecule has 0 aliphatic heterocycles. The molecule has 1 aliphatic rings. The monoisotopic (exact) mass is 416 g/mol. The summed E-state index contributed by atoms with van der Waals surface area (Å²) in [4.78, 5) is 17.5. The van der Waals surface area contributed by atoms with Crippen LogP contribution in [0.15, 0.2) is 36.5 Å². The van der Waals surface area contributed by atoms with Crippen molar-refractivity contribution in [3.05, 3.63) is 52.1 Å². The second-order valence-corrected chi connectivity index (χ2v) is 8.07. The topological polar surface area (TPSA) is 58.4 Å². The fourth-order valence-corrected chi connectivity index (χ4v) is 4.04. The number of anilines is 1. The van der Waals surface area contributed by atoms with E-state index >= 15 is 0 Å². The van der Waals surface area contributed by atoms with Crippen LogP contribution in [-0.2, 0) is 0 Å². The Balaban J connectivity index is 1.71. The Morgan fingerprint density at radius 3 is 2.68 bits per heavy atom. The van der Waals surface area contributed by atoms with Gasteiger partial charge in [0, 0.05) is 17.8 Å². The van der Waals surface area contributed by atoms with Crippen LogP contribution in [0.4, 0.5) is 10.6 Å². The molecule has 1 aliphatic carbocycles. The predicted molar refractivity (Wildman–Crippen MR) is 114 cm³/mol. The number of amides is 2. The molecule has 2 N–H and O–H groups in total. The number of carbonyl (C=O) groups is 1. The minimum Gasteiger partial charge on any atom is -0.335 e. The summed E-state index contributed by atoms with van der Waals surface area (Å²) >= 11 is 12.3. The number of halogens is 2. The van der Waals surface area contributed by atoms with Crippen molar-refractivity contribution in [1.29, 1.82) is 0 Å². The van der Waals surface area contributed by atoms with Crippen LogP contribution < -0.4 is 10.6 Å². The van der Waals surface area contributed by atoms with Crippen LogP contribution in [0.3, 0.4) is 0 Å². The molecule has 1 fully saturated rings. The van der Waals surface area contributed by atoms with Crippen molar-refractivity contribution in [2.45, 2.75) is 45.1 Å². The minimum absolute atomic E-state index is 0.212. The van der Waals surface area contributed by atoms with Crippen LogP contribution in [0.25, 0.3) is 16.9 Å². The second-order valence-electron chi connectivity index (χ2n) is 7.26. The van der Waals surface area contributed by atoms with Gasteiger partial charge in [-0.15, -0.1) is 0 Å². The zero-order chi connectivity index (χ0) is 19.7. The summed E-state index contributed by atoms with van der Waals surface area (Å²) in [7, 11) is 0. The molecule has 4 rings (SSSR count). The number of nitrogens with zero attached hydrogens (tertiary/aromatic N) is 2. The molecular formula is C21H22Cl2N4O. The maximum Gasteiger partial charge on any atom is 0.320 e. The van der Waals surface area contributed by atoms with E-state index in [0.29, 0.717) is 21.6 Å². The van der Waals surface area contributed by atoms with Crippen LogP contribution in [-0.4, -0.2) is 21.5 Å². The third kappa shape index (κ3) is 3.82. The number of nitrogens with one attached hydrogen (secondary N) is 2. The van der Waals surface area contributed by atoms with Crippen molar-refractivity contribution in [2.24, 2.45) is 0 Å². The number of fused-ring (bicyclic) bond motifs is 1. The molecule has 1 saturated carbocycles. The summed E-state index contributed by atoms with van der Waals surface area (Å²) in [6.07, 6.45) is 7.52. The van der Waals surface area contributed by atoms with E-state index in [1.54, 1.807) is 12.1 Å². The average Bonchev–Trinajstić information content (AvgIpc) is 3.04. The summed E-state index contributed by atoms with van der Waals surface area (Å²) in [5.41, 5.74) is 3.26. The zero-order valence-corrected chi connectivity index (χ0v) is 17.1. The van der Waals surface area contributed by atoms with Gasteiger partial charge in [0.2, 0.25) is 0 Å². The number of aromatic nitrogens is 2. The van der Waals surface area contributed by atoms with Gasteiger partial charge >= 0.3 is 6.03 Å². The van der Waals surface area contributed by atoms with E-state index in [4.69, 9.17) is 28.2 Å². The highest BCUT2D eigenvalue weighted by Gasteiger charge is 2.20. The van der Waals surface area contributed by atoms with Gasteiger partial charge < -0.3 is 5.32 Å². The van der Waals surface area contributed by atoms with Gasteiger partial charge in [0.05, 0.1) is 10.0 Å². The molecule has 28 heavy (non-hydrogen) atoms. The maximum absolute atomic E-state index is 12.7. The number of benzene rings is 1. The summed E-state index contributed by atoms with van der Waals surface area (Å²) in [6.45, 7) is 1.99. The average molecular weight is 417 g/mol. The maximum atomic E-state index is 12.7. The van der Waals surface area contributed by atoms with Gasteiger partial charge in [-0.1, -0.05) is 54.6 Å². The Labute approximate surface area is 174 Å². The molecule has 2 amide bonds. The van der Waals surface area contributed by atoms with E-state index in [9.17, 15) is 4.79 Å². The first-order valence-corrected chi connectivity index (χ1v) is 10.3. The second kappa shape index (κ2) is 8.02. The number of rotatable bonds is 3. The van der Waals surface area contributed by atoms with E-state index < -0.39 is 0 Å². The van der Waals surface area contributed by atoms with Crippen LogP contribution >= 0.6 is 23.2 Å². The molecule has 3 aromatic rings. The zero-order valence-electron chi connectivity index (χ0n) is 15.6. The molecule has 5 nitrogen and oxygen atoms in total. The van der Waals surface area contributed by atoms with E-state index in [-0.39, 0.29) is 12.1 Å². The summed E-state index contributed by atoms with van der Waals surface area (Å²) in [5, 5.41) is 7.04. The summed E-state index contributed by atoms with van der Waals surface area (Å²) in [5.74, 6) is 0.616. The Hall–Kier alpha value is -2.24. The van der Waals surface area contributed by atoms with Crippen LogP contribution in [0, 0.1) is 6.92 Å². The lowest BCUT2D eigenvalue weighted by molar-refractivity contribution is 0.244. The molecule has 146 valence electrons. The van der Waals surface area contributed by atoms with Gasteiger partial charge in [-0.3, -0.25) is 9.72 Å². The van der Waals surface area contributed by atoms with E-state index in [0.717, 1.165) is 42.5 Å². The normalized spacial score (nSPS) is 15.0. The van der Waals surface area contributed by atoms with Crippen molar-refractivity contribution >= 4 is 40.7 Å². The Bertz CT molecular complexity index is 1020. The lowest BCUT2D eigenvalue weighted by Gasteiger charge is -2.23. The molecule has 0 spiro atoms. The van der Waals surface area contributed by atoms with E-state index in [2.05, 4.69) is 10.6 Å². The highest BCUT2D eigenvalue weighted by atomic mass is 35.5. The largest absolute Gasteiger partial charge is 0.335 e. The Morgan fingerprint density at radius 2 is 1.93 bits per heavy atom. The molecule has 0 bridgehead atoms. The smallest absolute Gasteiger partial charge is 0.320 e. The number of hydrogen-bond donors (Lipinski definition) is 2. The summed E-state index contributed by atoms with van der Waals surface area (Å²) in [6, 6.07) is 9.31. The van der Waals surface area contributed by atoms with Crippen LogP contribution in [0.2, 0.25) is 10.0 Å². The standard InChI is InChI=1S/C21H22Cl2N4O/c1-13-6-5-11-27-19(13)25-18(14-9-10-16(22)17(23)12-14)20(27)26-21(28)24-15-7-3-2-4-8-15/h5-6,9-12,15H,2-4,7-8H2,1H3,(H2,24,26,28). The van der Waals surface area contributed by atoms with E-state index in [1.165, 1.54) is 6.42 Å². The molecule has 2 heterocycles. The first-order valence-electron chi connectivity index (χ1n) is 9.53. The van der Waals surface area contributed by atoms with Gasteiger partial charge in [-0.05, 0) is 43.5 Å². The fraction of sp³-hybridized carbons (Fsp3) is 0.333. The highest BCUT2D eigenvalue weighted by molar-refractivity contribution is 6.42. The number of imidazole rings is 1.